The van der Waals surface area contributed by atoms with Crippen molar-refractivity contribution in [3.8, 4) is 0 Å². The van der Waals surface area contributed by atoms with E-state index in [1.807, 2.05) is 32.1 Å². The van der Waals surface area contributed by atoms with Gasteiger partial charge < -0.3 is 4.90 Å². The number of hydrogen-bond acceptors (Lipinski definition) is 2. The molecule has 0 radical (unpaired) electrons. The van der Waals surface area contributed by atoms with Crippen molar-refractivity contribution >= 4 is 34.4 Å². The molecule has 90 valence electrons. The Morgan fingerprint density at radius 2 is 2.06 bits per heavy atom. The van der Waals surface area contributed by atoms with E-state index in [9.17, 15) is 4.79 Å². The average molecular weight is 343 g/mol. The van der Waals surface area contributed by atoms with E-state index in [0.717, 1.165) is 3.57 Å². The molecule has 0 saturated carbocycles. The standard InChI is InChI=1S/C12H14IN3O/c1-12(2)6-7-16(11(17)15(12)3)10-5-4-9(13)8-14-10/h4-8H,1-3H3. The monoisotopic (exact) mass is 343 g/mol. The molecular formula is C12H14IN3O. The Morgan fingerprint density at radius 1 is 1.35 bits per heavy atom. The van der Waals surface area contributed by atoms with Gasteiger partial charge in [-0.3, -0.25) is 4.90 Å². The first-order valence-corrected chi connectivity index (χ1v) is 6.37. The Hall–Kier alpha value is -1.11. The van der Waals surface area contributed by atoms with E-state index in [4.69, 9.17) is 0 Å². The SMILES string of the molecule is CN1C(=O)N(c2ccc(I)cn2)C=CC1(C)C. The molecule has 0 fully saturated rings. The Bertz CT molecular complexity index is 467. The van der Waals surface area contributed by atoms with Crippen molar-refractivity contribution in [3.05, 3.63) is 34.2 Å². The van der Waals surface area contributed by atoms with Gasteiger partial charge in [0.1, 0.15) is 5.82 Å². The smallest absolute Gasteiger partial charge is 0.318 e. The van der Waals surface area contributed by atoms with Gasteiger partial charge in [0.25, 0.3) is 0 Å². The second-order valence-electron chi connectivity index (χ2n) is 4.52. The van der Waals surface area contributed by atoms with Crippen LogP contribution in [0, 0.1) is 3.57 Å². The van der Waals surface area contributed by atoms with Crippen molar-refractivity contribution in [1.29, 1.82) is 0 Å². The first kappa shape index (κ1) is 12.3. The molecule has 0 bridgehead atoms. The van der Waals surface area contributed by atoms with Crippen LogP contribution in [0.15, 0.2) is 30.6 Å². The minimum atomic E-state index is -0.253. The first-order chi connectivity index (χ1) is 7.92. The van der Waals surface area contributed by atoms with E-state index in [2.05, 4.69) is 27.6 Å². The quantitative estimate of drug-likeness (QED) is 0.736. The molecule has 2 rings (SSSR count). The fourth-order valence-electron chi connectivity index (χ4n) is 1.53. The molecule has 1 aliphatic rings. The molecule has 4 nitrogen and oxygen atoms in total. The van der Waals surface area contributed by atoms with Gasteiger partial charge in [-0.1, -0.05) is 0 Å². The van der Waals surface area contributed by atoms with Gasteiger partial charge in [0.15, 0.2) is 0 Å². The van der Waals surface area contributed by atoms with Gasteiger partial charge in [-0.15, -0.1) is 0 Å². The summed E-state index contributed by atoms with van der Waals surface area (Å²) in [7, 11) is 1.80. The maximum Gasteiger partial charge on any atom is 0.330 e. The highest BCUT2D eigenvalue weighted by Gasteiger charge is 2.33. The van der Waals surface area contributed by atoms with Gasteiger partial charge in [-0.25, -0.2) is 9.78 Å². The Morgan fingerprint density at radius 3 is 2.65 bits per heavy atom. The Labute approximate surface area is 114 Å². The second-order valence-corrected chi connectivity index (χ2v) is 5.76. The number of nitrogens with zero attached hydrogens (tertiary/aromatic N) is 3. The van der Waals surface area contributed by atoms with Crippen molar-refractivity contribution in [2.45, 2.75) is 19.4 Å². The minimum Gasteiger partial charge on any atom is -0.318 e. The average Bonchev–Trinajstić information content (AvgIpc) is 2.28. The zero-order valence-electron chi connectivity index (χ0n) is 10.0. The van der Waals surface area contributed by atoms with Crippen LogP contribution in [0.1, 0.15) is 13.8 Å². The lowest BCUT2D eigenvalue weighted by molar-refractivity contribution is 0.181. The van der Waals surface area contributed by atoms with Crippen LogP contribution in [0.5, 0.6) is 0 Å². The molecule has 0 atom stereocenters. The number of halogens is 1. The predicted molar refractivity (Wildman–Crippen MR) is 75.8 cm³/mol. The molecule has 0 unspecified atom stereocenters. The van der Waals surface area contributed by atoms with Crippen LogP contribution in [0.25, 0.3) is 0 Å². The number of likely N-dealkylation sites (N-methyl/N-ethyl adjacent to an activating group) is 1. The minimum absolute atomic E-state index is 0.0637. The number of rotatable bonds is 1. The molecule has 0 saturated heterocycles. The number of anilines is 1. The van der Waals surface area contributed by atoms with Crippen molar-refractivity contribution in [2.75, 3.05) is 11.9 Å². The van der Waals surface area contributed by atoms with Crippen LogP contribution in [0.3, 0.4) is 0 Å². The molecule has 1 aromatic heterocycles. The summed E-state index contributed by atoms with van der Waals surface area (Å²) in [6, 6.07) is 3.71. The summed E-state index contributed by atoms with van der Waals surface area (Å²) >= 11 is 2.19. The summed E-state index contributed by atoms with van der Waals surface area (Å²) in [5.74, 6) is 0.647. The third-order valence-corrected chi connectivity index (χ3v) is 3.59. The van der Waals surface area contributed by atoms with Gasteiger partial charge >= 0.3 is 6.03 Å². The lowest BCUT2D eigenvalue weighted by Gasteiger charge is -2.39. The van der Waals surface area contributed by atoms with Crippen LogP contribution >= 0.6 is 22.6 Å². The fraction of sp³-hybridized carbons (Fsp3) is 0.333. The zero-order chi connectivity index (χ0) is 12.6. The predicted octanol–water partition coefficient (Wildman–Crippen LogP) is 2.85. The number of urea groups is 1. The highest BCUT2D eigenvalue weighted by molar-refractivity contribution is 14.1. The molecular weight excluding hydrogens is 329 g/mol. The summed E-state index contributed by atoms with van der Waals surface area (Å²) in [6.45, 7) is 4.00. The molecule has 1 aromatic rings. The van der Waals surface area contributed by atoms with Gasteiger partial charge in [-0.05, 0) is 54.6 Å². The van der Waals surface area contributed by atoms with Crippen molar-refractivity contribution in [3.63, 3.8) is 0 Å². The van der Waals surface area contributed by atoms with Crippen molar-refractivity contribution < 1.29 is 4.79 Å². The molecule has 5 heteroatoms. The van der Waals surface area contributed by atoms with E-state index in [-0.39, 0.29) is 11.6 Å². The third-order valence-electron chi connectivity index (χ3n) is 2.95. The number of carbonyl (C=O) groups excluding carboxylic acids is 1. The molecule has 0 aliphatic carbocycles. The topological polar surface area (TPSA) is 36.4 Å². The van der Waals surface area contributed by atoms with Gasteiger partial charge in [0, 0.05) is 23.0 Å². The van der Waals surface area contributed by atoms with E-state index in [0.29, 0.717) is 5.82 Å². The van der Waals surface area contributed by atoms with E-state index in [1.165, 1.54) is 0 Å². The van der Waals surface area contributed by atoms with Crippen LogP contribution in [0.2, 0.25) is 0 Å². The Kier molecular flexibility index (Phi) is 3.11. The zero-order valence-corrected chi connectivity index (χ0v) is 12.2. The summed E-state index contributed by atoms with van der Waals surface area (Å²) < 4.78 is 1.05. The van der Waals surface area contributed by atoms with E-state index < -0.39 is 0 Å². The maximum absolute atomic E-state index is 12.2. The van der Waals surface area contributed by atoms with Crippen LogP contribution in [-0.4, -0.2) is 28.5 Å². The van der Waals surface area contributed by atoms with Crippen molar-refractivity contribution in [2.24, 2.45) is 0 Å². The molecule has 0 spiro atoms. The Balaban J connectivity index is 2.35. The highest BCUT2D eigenvalue weighted by Crippen LogP contribution is 2.25. The number of pyridine rings is 1. The van der Waals surface area contributed by atoms with Crippen LogP contribution in [-0.2, 0) is 0 Å². The molecule has 0 aromatic carbocycles. The molecule has 2 amide bonds. The highest BCUT2D eigenvalue weighted by atomic mass is 127. The lowest BCUT2D eigenvalue weighted by Crippen LogP contribution is -2.52. The molecule has 1 aliphatic heterocycles. The molecule has 2 heterocycles. The third kappa shape index (κ3) is 2.29. The summed E-state index contributed by atoms with van der Waals surface area (Å²) in [5, 5.41) is 0. The summed E-state index contributed by atoms with van der Waals surface area (Å²) in [5.41, 5.74) is -0.253. The van der Waals surface area contributed by atoms with Gasteiger partial charge in [0.05, 0.1) is 5.54 Å². The summed E-state index contributed by atoms with van der Waals surface area (Å²) in [4.78, 5) is 19.7. The fourth-order valence-corrected chi connectivity index (χ4v) is 1.84. The van der Waals surface area contributed by atoms with Gasteiger partial charge in [0.2, 0.25) is 0 Å². The van der Waals surface area contributed by atoms with Crippen LogP contribution < -0.4 is 4.90 Å². The number of amides is 2. The number of hydrogen-bond donors (Lipinski definition) is 0. The summed E-state index contributed by atoms with van der Waals surface area (Å²) in [6.07, 6.45) is 5.53. The second kappa shape index (κ2) is 4.29. The molecule has 0 N–H and O–H groups in total. The normalized spacial score (nSPS) is 18.7. The van der Waals surface area contributed by atoms with Gasteiger partial charge in [-0.2, -0.15) is 0 Å². The van der Waals surface area contributed by atoms with Crippen LogP contribution in [0.4, 0.5) is 10.6 Å². The van der Waals surface area contributed by atoms with Crippen molar-refractivity contribution in [1.82, 2.24) is 9.88 Å². The largest absolute Gasteiger partial charge is 0.330 e. The maximum atomic E-state index is 12.2. The lowest BCUT2D eigenvalue weighted by atomic mass is 10.0. The van der Waals surface area contributed by atoms with E-state index in [1.54, 1.807) is 29.2 Å². The number of aromatic nitrogens is 1. The first-order valence-electron chi connectivity index (χ1n) is 5.30. The number of carbonyl (C=O) groups is 1. The van der Waals surface area contributed by atoms with E-state index >= 15 is 0 Å². The molecule has 17 heavy (non-hydrogen) atoms.